The van der Waals surface area contributed by atoms with E-state index in [2.05, 4.69) is 210 Å². The SMILES string of the molecule is CC.CC.CC.CC.CC.CC.CCc1cc(C)c2scnc2c1.Cc1c(C)c(C)c2scnc2c1C.Cc1cc(C(C)(C)C)cc2ncsc12.Cc1cc(C(C)C)cc2ncsc12.Cc1cc(C)c2ncsc2c1C.Cc1cc2ncsc2c(C)c1C. The van der Waals surface area contributed by atoms with Gasteiger partial charge in [-0.15, -0.1) is 68.0 Å². The molecule has 480 valence electrons. The van der Waals surface area contributed by atoms with Gasteiger partial charge in [-0.25, -0.2) is 29.9 Å². The van der Waals surface area contributed by atoms with Crippen LogP contribution in [0.5, 0.6) is 0 Å². The van der Waals surface area contributed by atoms with E-state index < -0.39 is 0 Å². The van der Waals surface area contributed by atoms with Crippen LogP contribution in [0.3, 0.4) is 0 Å². The van der Waals surface area contributed by atoms with Crippen LogP contribution < -0.4 is 0 Å². The summed E-state index contributed by atoms with van der Waals surface area (Å²) in [4.78, 5) is 26.1. The number of benzene rings is 6. The summed E-state index contributed by atoms with van der Waals surface area (Å²) >= 11 is 10.4. The van der Waals surface area contributed by atoms with Crippen molar-refractivity contribution < 1.29 is 0 Å². The highest BCUT2D eigenvalue weighted by Gasteiger charge is 2.16. The van der Waals surface area contributed by atoms with Crippen LogP contribution in [0.4, 0.5) is 0 Å². The van der Waals surface area contributed by atoms with Gasteiger partial charge >= 0.3 is 0 Å². The van der Waals surface area contributed by atoms with Crippen molar-refractivity contribution in [3.8, 4) is 0 Å². The van der Waals surface area contributed by atoms with Crippen molar-refractivity contribution in [2.45, 2.75) is 232 Å². The molecule has 0 N–H and O–H groups in total. The normalized spacial score (nSPS) is 10.1. The summed E-state index contributed by atoms with van der Waals surface area (Å²) in [6.07, 6.45) is 1.09. The molecular weight excluding hydrogens is 1190 g/mol. The number of hydrogen-bond acceptors (Lipinski definition) is 12. The first kappa shape index (κ1) is 80.7. The number of nitrogens with zero attached hydrogens (tertiary/aromatic N) is 6. The van der Waals surface area contributed by atoms with Crippen molar-refractivity contribution in [2.24, 2.45) is 0 Å². The Balaban J connectivity index is 0.000000510. The molecule has 0 amide bonds. The first-order chi connectivity index (χ1) is 42.0. The third-order valence-corrected chi connectivity index (χ3v) is 20.4. The Morgan fingerprint density at radius 2 is 0.682 bits per heavy atom. The summed E-state index contributed by atoms with van der Waals surface area (Å²) in [5.41, 5.74) is 40.5. The molecule has 12 rings (SSSR count). The van der Waals surface area contributed by atoms with Gasteiger partial charge in [-0.05, 0) is 221 Å². The molecule has 0 atom stereocenters. The van der Waals surface area contributed by atoms with Crippen molar-refractivity contribution in [3.63, 3.8) is 0 Å². The highest BCUT2D eigenvalue weighted by atomic mass is 32.1. The number of thiazole rings is 6. The largest absolute Gasteiger partial charge is 0.245 e. The monoisotopic (exact) mass is 1300 g/mol. The number of rotatable bonds is 2. The van der Waals surface area contributed by atoms with Crippen LogP contribution in [-0.2, 0) is 11.8 Å². The van der Waals surface area contributed by atoms with Crippen LogP contribution in [0, 0.1) is 90.0 Å². The Bertz CT molecular complexity index is 3900. The van der Waals surface area contributed by atoms with Crippen molar-refractivity contribution in [1.82, 2.24) is 29.9 Å². The van der Waals surface area contributed by atoms with E-state index in [1.807, 2.05) is 116 Å². The molecule has 88 heavy (non-hydrogen) atoms. The van der Waals surface area contributed by atoms with Gasteiger partial charge in [0.1, 0.15) is 0 Å². The van der Waals surface area contributed by atoms with Crippen LogP contribution in [0.2, 0.25) is 0 Å². The molecule has 6 aromatic heterocycles. The summed E-state index contributed by atoms with van der Waals surface area (Å²) < 4.78 is 7.99. The van der Waals surface area contributed by atoms with Gasteiger partial charge < -0.3 is 0 Å². The number of hydrogen-bond donors (Lipinski definition) is 0. The Morgan fingerprint density at radius 3 is 1.16 bits per heavy atom. The second-order valence-corrected chi connectivity index (χ2v) is 26.4. The summed E-state index contributed by atoms with van der Waals surface area (Å²) in [6, 6.07) is 17.7. The average molecular weight is 1300 g/mol. The molecule has 0 radical (unpaired) electrons. The molecule has 0 aliphatic heterocycles. The van der Waals surface area contributed by atoms with Crippen LogP contribution in [0.15, 0.2) is 81.6 Å². The highest BCUT2D eigenvalue weighted by Crippen LogP contribution is 2.33. The van der Waals surface area contributed by atoms with Gasteiger partial charge in [0.05, 0.1) is 94.4 Å². The maximum atomic E-state index is 4.40. The molecule has 0 aliphatic carbocycles. The lowest BCUT2D eigenvalue weighted by Gasteiger charge is -2.19. The van der Waals surface area contributed by atoms with Gasteiger partial charge in [0.15, 0.2) is 0 Å². The highest BCUT2D eigenvalue weighted by molar-refractivity contribution is 7.18. The van der Waals surface area contributed by atoms with Gasteiger partial charge in [-0.2, -0.15) is 0 Å². The summed E-state index contributed by atoms with van der Waals surface area (Å²) in [5, 5.41) is 0. The number of aryl methyl sites for hydroxylation is 11. The van der Waals surface area contributed by atoms with E-state index in [0.29, 0.717) is 5.92 Å². The molecule has 12 aromatic rings. The third-order valence-electron chi connectivity index (χ3n) is 14.6. The molecule has 0 saturated heterocycles. The predicted molar refractivity (Wildman–Crippen MR) is 410 cm³/mol. The summed E-state index contributed by atoms with van der Waals surface area (Å²) in [7, 11) is 0. The van der Waals surface area contributed by atoms with Crippen molar-refractivity contribution in [1.29, 1.82) is 0 Å². The quantitative estimate of drug-likeness (QED) is 0.172. The van der Waals surface area contributed by atoms with Crippen LogP contribution >= 0.6 is 68.0 Å². The fourth-order valence-corrected chi connectivity index (χ4v) is 14.0. The van der Waals surface area contributed by atoms with Gasteiger partial charge in [0, 0.05) is 0 Å². The van der Waals surface area contributed by atoms with Gasteiger partial charge in [-0.3, -0.25) is 0 Å². The second-order valence-electron chi connectivity index (χ2n) is 21.2. The zero-order valence-electron chi connectivity index (χ0n) is 60.0. The minimum absolute atomic E-state index is 0.211. The van der Waals surface area contributed by atoms with E-state index in [0.717, 1.165) is 28.5 Å². The smallest absolute Gasteiger partial charge is 0.0846 e. The van der Waals surface area contributed by atoms with Crippen LogP contribution in [0.25, 0.3) is 61.3 Å². The average Bonchev–Trinajstić information content (AvgIpc) is 2.00. The van der Waals surface area contributed by atoms with Gasteiger partial charge in [0.25, 0.3) is 0 Å². The molecule has 0 bridgehead atoms. The molecule has 0 spiro atoms. The van der Waals surface area contributed by atoms with E-state index in [9.17, 15) is 0 Å². The van der Waals surface area contributed by atoms with Crippen molar-refractivity contribution >= 4 is 129 Å². The Morgan fingerprint density at radius 1 is 0.318 bits per heavy atom. The first-order valence-corrected chi connectivity index (χ1v) is 37.2. The minimum atomic E-state index is 0.211. The summed E-state index contributed by atoms with van der Waals surface area (Å²) in [6.45, 7) is 65.4. The molecule has 6 nitrogen and oxygen atoms in total. The predicted octanol–water partition coefficient (Wildman–Crippen LogP) is 26.9. The minimum Gasteiger partial charge on any atom is -0.245 e. The second kappa shape index (κ2) is 40.4. The standard InChI is InChI=1S/C12H15NS.2C11H13NS.3C10H11NS.6C2H6/c1-8-5-9(12(2,3)4)6-10-11(8)14-7-13-10;1-7(2)9-4-8(3)11-10(5-9)12-6-13-11;1-6-7(2)9(4)11-10(8(6)3)12-5-13-11;1-6-4-9-10(12-5-11-9)8(3)7(6)2;1-6-4-7(2)9-10(8(6)3)12-5-11-9;1-3-8-4-7(2)10-9(5-8)11-6-12-10;6*1-2/h5-7H,1-4H3;4-7H,1-3H3;5H,1-4H3;2*4-5H,1-3H3;4-6H,3H2,1-2H3;6*1-2H3. The molecule has 0 saturated carbocycles. The van der Waals surface area contributed by atoms with Crippen LogP contribution in [0.1, 0.15) is 220 Å². The Kier molecular flexibility index (Phi) is 37.0. The molecule has 0 fully saturated rings. The van der Waals surface area contributed by atoms with E-state index in [1.54, 1.807) is 68.0 Å². The maximum Gasteiger partial charge on any atom is 0.0846 e. The first-order valence-electron chi connectivity index (χ1n) is 31.9. The molecule has 6 heterocycles. The van der Waals surface area contributed by atoms with E-state index in [4.69, 9.17) is 0 Å². The van der Waals surface area contributed by atoms with E-state index in [-0.39, 0.29) is 5.41 Å². The molecule has 0 aliphatic rings. The van der Waals surface area contributed by atoms with Crippen LogP contribution in [-0.4, -0.2) is 29.9 Å². The van der Waals surface area contributed by atoms with E-state index in [1.165, 1.54) is 128 Å². The topological polar surface area (TPSA) is 77.3 Å². The fraction of sp³-hybridized carbons (Fsp3) is 0.447. The van der Waals surface area contributed by atoms with Gasteiger partial charge in [-0.1, -0.05) is 149 Å². The molecule has 0 unspecified atom stereocenters. The summed E-state index contributed by atoms with van der Waals surface area (Å²) in [5.74, 6) is 0.588. The van der Waals surface area contributed by atoms with E-state index >= 15 is 0 Å². The zero-order chi connectivity index (χ0) is 67.3. The number of aromatic nitrogens is 6. The maximum absolute atomic E-state index is 4.40. The van der Waals surface area contributed by atoms with Crippen molar-refractivity contribution in [3.05, 3.63) is 171 Å². The molecular formula is C76H110N6S6. The number of fused-ring (bicyclic) bond motifs is 6. The molecule has 6 aromatic carbocycles. The van der Waals surface area contributed by atoms with Gasteiger partial charge in [0.2, 0.25) is 0 Å². The third kappa shape index (κ3) is 21.4. The Hall–Kier alpha value is -5.34. The fourth-order valence-electron chi connectivity index (χ4n) is 9.07. The van der Waals surface area contributed by atoms with Crippen molar-refractivity contribution in [2.75, 3.05) is 0 Å². The Labute approximate surface area is 557 Å². The molecule has 12 heteroatoms. The lowest BCUT2D eigenvalue weighted by atomic mass is 9.86. The zero-order valence-corrected chi connectivity index (χ0v) is 64.9. The lowest BCUT2D eigenvalue weighted by Crippen LogP contribution is -2.11. The lowest BCUT2D eigenvalue weighted by molar-refractivity contribution is 0.590.